The largest absolute Gasteiger partial charge is 0.468 e. The predicted octanol–water partition coefficient (Wildman–Crippen LogP) is 2.92. The van der Waals surface area contributed by atoms with E-state index in [0.29, 0.717) is 0 Å². The number of hydrogen-bond donors (Lipinski definition) is 0. The molecule has 0 aromatic heterocycles. The second-order valence-electron chi connectivity index (χ2n) is 5.47. The number of rotatable bonds is 3. The summed E-state index contributed by atoms with van der Waals surface area (Å²) in [7, 11) is 2.54. The molecule has 0 saturated carbocycles. The van der Waals surface area contributed by atoms with Gasteiger partial charge in [0.25, 0.3) is 0 Å². The predicted molar refractivity (Wildman–Crippen MR) is 83.9 cm³/mol. The summed E-state index contributed by atoms with van der Waals surface area (Å²) < 4.78 is 9.65. The van der Waals surface area contributed by atoms with E-state index in [0.717, 1.165) is 16.7 Å². The molecule has 22 heavy (non-hydrogen) atoms. The van der Waals surface area contributed by atoms with Gasteiger partial charge in [-0.3, -0.25) is 9.59 Å². The minimum atomic E-state index is -1.42. The van der Waals surface area contributed by atoms with Gasteiger partial charge in [0.1, 0.15) is 0 Å². The highest BCUT2D eigenvalue weighted by Gasteiger charge is 2.51. The highest BCUT2D eigenvalue weighted by molar-refractivity contribution is 6.04. The van der Waals surface area contributed by atoms with Gasteiger partial charge < -0.3 is 9.47 Å². The van der Waals surface area contributed by atoms with Gasteiger partial charge >= 0.3 is 11.9 Å². The van der Waals surface area contributed by atoms with Crippen molar-refractivity contribution in [3.63, 3.8) is 0 Å². The third kappa shape index (κ3) is 2.56. The lowest BCUT2D eigenvalue weighted by atomic mass is 9.71. The number of hydrogen-bond acceptors (Lipinski definition) is 4. The topological polar surface area (TPSA) is 52.6 Å². The van der Waals surface area contributed by atoms with Crippen LogP contribution in [-0.2, 0) is 19.1 Å². The SMILES string of the molecule is COC(=O)C1(C(=O)OC)C=CC(c2cccc(C)c2)=CC1C. The zero-order chi connectivity index (χ0) is 16.3. The van der Waals surface area contributed by atoms with Crippen LogP contribution in [0.5, 0.6) is 0 Å². The summed E-state index contributed by atoms with van der Waals surface area (Å²) in [5.74, 6) is -1.59. The van der Waals surface area contributed by atoms with Crippen molar-refractivity contribution in [1.82, 2.24) is 0 Å². The van der Waals surface area contributed by atoms with E-state index in [9.17, 15) is 9.59 Å². The number of esters is 2. The van der Waals surface area contributed by atoms with Crippen LogP contribution in [0.1, 0.15) is 18.1 Å². The van der Waals surface area contributed by atoms with Crippen molar-refractivity contribution < 1.29 is 19.1 Å². The first kappa shape index (κ1) is 16.0. The van der Waals surface area contributed by atoms with Crippen LogP contribution < -0.4 is 0 Å². The van der Waals surface area contributed by atoms with Crippen molar-refractivity contribution in [2.24, 2.45) is 11.3 Å². The van der Waals surface area contributed by atoms with Crippen LogP contribution in [0.2, 0.25) is 0 Å². The highest BCUT2D eigenvalue weighted by atomic mass is 16.5. The fraction of sp³-hybridized carbons (Fsp3) is 0.333. The number of allylic oxidation sites excluding steroid dienone is 3. The molecule has 0 amide bonds. The molecule has 0 heterocycles. The Bertz CT molecular complexity index is 639. The lowest BCUT2D eigenvalue weighted by Crippen LogP contribution is -2.45. The molecular weight excluding hydrogens is 280 g/mol. The quantitative estimate of drug-likeness (QED) is 0.636. The van der Waals surface area contributed by atoms with Crippen LogP contribution in [0.3, 0.4) is 0 Å². The van der Waals surface area contributed by atoms with Gasteiger partial charge in [-0.1, -0.05) is 55.0 Å². The van der Waals surface area contributed by atoms with Crippen LogP contribution in [0.25, 0.3) is 5.57 Å². The van der Waals surface area contributed by atoms with Crippen LogP contribution in [0, 0.1) is 18.3 Å². The first-order chi connectivity index (χ1) is 10.5. The molecular formula is C18H20O4. The molecule has 0 radical (unpaired) electrons. The maximum Gasteiger partial charge on any atom is 0.327 e. The molecule has 1 atom stereocenters. The first-order valence-corrected chi connectivity index (χ1v) is 7.10. The van der Waals surface area contributed by atoms with E-state index in [1.165, 1.54) is 14.2 Å². The Morgan fingerprint density at radius 3 is 2.27 bits per heavy atom. The minimum absolute atomic E-state index is 0.368. The van der Waals surface area contributed by atoms with Crippen molar-refractivity contribution >= 4 is 17.5 Å². The third-order valence-corrected chi connectivity index (χ3v) is 4.07. The second kappa shape index (κ2) is 6.18. The summed E-state index contributed by atoms with van der Waals surface area (Å²) >= 11 is 0. The summed E-state index contributed by atoms with van der Waals surface area (Å²) in [6.07, 6.45) is 5.28. The first-order valence-electron chi connectivity index (χ1n) is 7.10. The maximum absolute atomic E-state index is 12.2. The van der Waals surface area contributed by atoms with Gasteiger partial charge in [0.2, 0.25) is 0 Å². The van der Waals surface area contributed by atoms with Gasteiger partial charge in [-0.15, -0.1) is 0 Å². The van der Waals surface area contributed by atoms with E-state index >= 15 is 0 Å². The van der Waals surface area contributed by atoms with E-state index in [-0.39, 0.29) is 5.92 Å². The molecule has 1 unspecified atom stereocenters. The van der Waals surface area contributed by atoms with Gasteiger partial charge in [-0.25, -0.2) is 0 Å². The van der Waals surface area contributed by atoms with Crippen LogP contribution in [0.15, 0.2) is 42.5 Å². The number of aryl methyl sites for hydroxylation is 1. The number of methoxy groups -OCH3 is 2. The Hall–Kier alpha value is -2.36. The molecule has 1 aromatic carbocycles. The van der Waals surface area contributed by atoms with Crippen LogP contribution >= 0.6 is 0 Å². The summed E-state index contributed by atoms with van der Waals surface area (Å²) in [5, 5.41) is 0. The molecule has 0 saturated heterocycles. The molecule has 0 fully saturated rings. The van der Waals surface area contributed by atoms with Crippen molar-refractivity contribution in [2.45, 2.75) is 13.8 Å². The Labute approximate surface area is 130 Å². The molecule has 0 bridgehead atoms. The lowest BCUT2D eigenvalue weighted by Gasteiger charge is -2.32. The van der Waals surface area contributed by atoms with Crippen molar-refractivity contribution in [3.05, 3.63) is 53.6 Å². The van der Waals surface area contributed by atoms with Crippen molar-refractivity contribution in [2.75, 3.05) is 14.2 Å². The Morgan fingerprint density at radius 2 is 1.77 bits per heavy atom. The molecule has 1 aliphatic carbocycles. The monoisotopic (exact) mass is 300 g/mol. The lowest BCUT2D eigenvalue weighted by molar-refractivity contribution is -0.167. The van der Waals surface area contributed by atoms with Gasteiger partial charge in [-0.2, -0.15) is 0 Å². The van der Waals surface area contributed by atoms with E-state index in [4.69, 9.17) is 9.47 Å². The molecule has 1 aromatic rings. The Balaban J connectivity index is 2.44. The minimum Gasteiger partial charge on any atom is -0.468 e. The maximum atomic E-state index is 12.2. The fourth-order valence-corrected chi connectivity index (χ4v) is 2.78. The summed E-state index contributed by atoms with van der Waals surface area (Å²) in [5.41, 5.74) is 1.75. The molecule has 0 aliphatic heterocycles. The van der Waals surface area contributed by atoms with Crippen LogP contribution in [0.4, 0.5) is 0 Å². The second-order valence-corrected chi connectivity index (χ2v) is 5.47. The zero-order valence-corrected chi connectivity index (χ0v) is 13.3. The summed E-state index contributed by atoms with van der Waals surface area (Å²) in [6, 6.07) is 8.06. The average molecular weight is 300 g/mol. The van der Waals surface area contributed by atoms with Gasteiger partial charge in [0.05, 0.1) is 14.2 Å². The highest BCUT2D eigenvalue weighted by Crippen LogP contribution is 2.40. The molecule has 0 N–H and O–H groups in total. The molecule has 116 valence electrons. The Kier molecular flexibility index (Phi) is 4.50. The molecule has 4 nitrogen and oxygen atoms in total. The number of ether oxygens (including phenoxy) is 2. The molecule has 0 spiro atoms. The molecule has 4 heteroatoms. The number of carbonyl (C=O) groups excluding carboxylic acids is 2. The normalized spacial score (nSPS) is 19.3. The Morgan fingerprint density at radius 1 is 1.14 bits per heavy atom. The van der Waals surface area contributed by atoms with Crippen LogP contribution in [-0.4, -0.2) is 26.2 Å². The van der Waals surface area contributed by atoms with E-state index < -0.39 is 17.4 Å². The van der Waals surface area contributed by atoms with Crippen molar-refractivity contribution in [3.8, 4) is 0 Å². The fourth-order valence-electron chi connectivity index (χ4n) is 2.78. The summed E-state index contributed by atoms with van der Waals surface area (Å²) in [6.45, 7) is 3.83. The van der Waals surface area contributed by atoms with Gasteiger partial charge in [0, 0.05) is 5.92 Å². The number of carbonyl (C=O) groups is 2. The zero-order valence-electron chi connectivity index (χ0n) is 13.3. The van der Waals surface area contributed by atoms with Gasteiger partial charge in [0.15, 0.2) is 5.41 Å². The van der Waals surface area contributed by atoms with E-state index in [1.54, 1.807) is 12.2 Å². The smallest absolute Gasteiger partial charge is 0.327 e. The van der Waals surface area contributed by atoms with Crippen molar-refractivity contribution in [1.29, 1.82) is 0 Å². The van der Waals surface area contributed by atoms with E-state index in [2.05, 4.69) is 6.07 Å². The molecule has 2 rings (SSSR count). The average Bonchev–Trinajstić information content (AvgIpc) is 2.53. The summed E-state index contributed by atoms with van der Waals surface area (Å²) in [4.78, 5) is 24.4. The number of benzene rings is 1. The van der Waals surface area contributed by atoms with E-state index in [1.807, 2.05) is 38.1 Å². The molecule has 1 aliphatic rings. The van der Waals surface area contributed by atoms with Gasteiger partial charge in [-0.05, 0) is 18.1 Å². The standard InChI is InChI=1S/C18H20O4/c1-12-6-5-7-14(10-12)15-8-9-18(13(2)11-15,16(19)21-3)17(20)22-4/h5-11,13H,1-4H3. The third-order valence-electron chi connectivity index (χ3n) is 4.07.